The van der Waals surface area contributed by atoms with Crippen molar-refractivity contribution < 1.29 is 9.53 Å². The summed E-state index contributed by atoms with van der Waals surface area (Å²) >= 11 is 0. The third-order valence-corrected chi connectivity index (χ3v) is 5.03. The molecule has 2 aromatic heterocycles. The molecule has 7 nitrogen and oxygen atoms in total. The normalized spacial score (nSPS) is 11.3. The van der Waals surface area contributed by atoms with E-state index in [0.29, 0.717) is 30.2 Å². The summed E-state index contributed by atoms with van der Waals surface area (Å²) in [7, 11) is 0. The number of hydrogen-bond donors (Lipinski definition) is 2. The Kier molecular flexibility index (Phi) is 6.07. The molecule has 4 rings (SSSR count). The van der Waals surface area contributed by atoms with Gasteiger partial charge in [0.2, 0.25) is 0 Å². The van der Waals surface area contributed by atoms with Gasteiger partial charge in [-0.3, -0.25) is 4.79 Å². The van der Waals surface area contributed by atoms with Crippen molar-refractivity contribution in [3.8, 4) is 5.75 Å². The third-order valence-electron chi connectivity index (χ3n) is 5.03. The Morgan fingerprint density at radius 3 is 2.50 bits per heavy atom. The number of ether oxygens (including phenoxy) is 1. The minimum Gasteiger partial charge on any atom is -0.492 e. The van der Waals surface area contributed by atoms with Crippen LogP contribution in [0.1, 0.15) is 36.7 Å². The minimum atomic E-state index is -0.208. The van der Waals surface area contributed by atoms with Gasteiger partial charge in [0.1, 0.15) is 24.0 Å². The first kappa shape index (κ1) is 21.4. The van der Waals surface area contributed by atoms with E-state index >= 15 is 0 Å². The Balaban J connectivity index is 1.44. The van der Waals surface area contributed by atoms with Crippen molar-refractivity contribution in [2.45, 2.75) is 26.2 Å². The predicted octanol–water partition coefficient (Wildman–Crippen LogP) is 4.77. The number of hydrogen-bond acceptors (Lipinski definition) is 5. The van der Waals surface area contributed by atoms with Gasteiger partial charge in [0.05, 0.1) is 12.7 Å². The van der Waals surface area contributed by atoms with Crippen LogP contribution in [-0.4, -0.2) is 33.7 Å². The zero-order valence-corrected chi connectivity index (χ0v) is 18.5. The Morgan fingerprint density at radius 2 is 1.78 bits per heavy atom. The highest BCUT2D eigenvalue weighted by molar-refractivity contribution is 6.04. The lowest BCUT2D eigenvalue weighted by Crippen LogP contribution is -2.17. The first-order valence-electron chi connectivity index (χ1n) is 10.6. The van der Waals surface area contributed by atoms with Gasteiger partial charge in [0.25, 0.3) is 5.91 Å². The van der Waals surface area contributed by atoms with E-state index in [0.717, 1.165) is 11.6 Å². The number of aromatic nitrogens is 3. The van der Waals surface area contributed by atoms with E-state index in [9.17, 15) is 4.79 Å². The second kappa shape index (κ2) is 9.09. The van der Waals surface area contributed by atoms with Crippen molar-refractivity contribution in [1.29, 1.82) is 0 Å². The molecular formula is C25H27N5O2. The summed E-state index contributed by atoms with van der Waals surface area (Å²) in [5, 5.41) is 10.5. The number of benzene rings is 2. The molecule has 0 aliphatic rings. The topological polar surface area (TPSA) is 80.5 Å². The minimum absolute atomic E-state index is 0.0361. The molecule has 2 heterocycles. The highest BCUT2D eigenvalue weighted by Crippen LogP contribution is 2.23. The molecule has 0 fully saturated rings. The zero-order chi connectivity index (χ0) is 22.6. The number of nitrogens with zero attached hydrogens (tertiary/aromatic N) is 3. The van der Waals surface area contributed by atoms with E-state index < -0.39 is 0 Å². The van der Waals surface area contributed by atoms with Crippen LogP contribution < -0.4 is 15.4 Å². The van der Waals surface area contributed by atoms with Crippen molar-refractivity contribution in [1.82, 2.24) is 14.6 Å². The van der Waals surface area contributed by atoms with Crippen LogP contribution in [0.2, 0.25) is 0 Å². The van der Waals surface area contributed by atoms with Gasteiger partial charge < -0.3 is 15.4 Å². The summed E-state index contributed by atoms with van der Waals surface area (Å²) < 4.78 is 7.42. The molecule has 32 heavy (non-hydrogen) atoms. The molecule has 0 saturated carbocycles. The van der Waals surface area contributed by atoms with Crippen LogP contribution in [-0.2, 0) is 5.41 Å². The van der Waals surface area contributed by atoms with Gasteiger partial charge >= 0.3 is 0 Å². The molecule has 2 aromatic carbocycles. The molecule has 1 amide bonds. The largest absolute Gasteiger partial charge is 0.492 e. The predicted molar refractivity (Wildman–Crippen MR) is 127 cm³/mol. The monoisotopic (exact) mass is 429 g/mol. The van der Waals surface area contributed by atoms with Crippen LogP contribution >= 0.6 is 0 Å². The zero-order valence-electron chi connectivity index (χ0n) is 18.5. The van der Waals surface area contributed by atoms with E-state index in [2.05, 4.69) is 41.5 Å². The number of rotatable bonds is 7. The lowest BCUT2D eigenvalue weighted by Gasteiger charge is -2.19. The Morgan fingerprint density at radius 1 is 1.03 bits per heavy atom. The Hall–Kier alpha value is -3.87. The molecule has 164 valence electrons. The molecular weight excluding hydrogens is 402 g/mol. The molecule has 0 aliphatic carbocycles. The molecule has 0 spiro atoms. The first-order chi connectivity index (χ1) is 15.4. The summed E-state index contributed by atoms with van der Waals surface area (Å²) in [5.41, 5.74) is 2.43. The third kappa shape index (κ3) is 5.06. The number of anilines is 2. The van der Waals surface area contributed by atoms with Gasteiger partial charge in [-0.05, 0) is 35.2 Å². The van der Waals surface area contributed by atoms with Crippen LogP contribution in [0.5, 0.6) is 5.75 Å². The molecule has 0 saturated heterocycles. The quantitative estimate of drug-likeness (QED) is 0.414. The average molecular weight is 430 g/mol. The lowest BCUT2D eigenvalue weighted by molar-refractivity contribution is 0.102. The van der Waals surface area contributed by atoms with Crippen molar-refractivity contribution >= 4 is 23.2 Å². The summed E-state index contributed by atoms with van der Waals surface area (Å²) in [6.07, 6.45) is 1.67. The Labute approximate surface area is 187 Å². The number of para-hydroxylation sites is 1. The summed E-state index contributed by atoms with van der Waals surface area (Å²) in [6.45, 7) is 7.48. The molecule has 0 atom stereocenters. The van der Waals surface area contributed by atoms with E-state index in [-0.39, 0.29) is 11.3 Å². The second-order valence-electron chi connectivity index (χ2n) is 8.50. The van der Waals surface area contributed by atoms with Gasteiger partial charge in [-0.1, -0.05) is 51.1 Å². The van der Waals surface area contributed by atoms with E-state index in [1.54, 1.807) is 22.8 Å². The lowest BCUT2D eigenvalue weighted by atomic mass is 9.87. The second-order valence-corrected chi connectivity index (χ2v) is 8.50. The molecule has 0 unspecified atom stereocenters. The number of fused-ring (bicyclic) bond motifs is 1. The van der Waals surface area contributed by atoms with Crippen LogP contribution in [0.3, 0.4) is 0 Å². The Bertz CT molecular complexity index is 1190. The average Bonchev–Trinajstić information content (AvgIpc) is 3.26. The van der Waals surface area contributed by atoms with Crippen molar-refractivity contribution in [2.24, 2.45) is 0 Å². The van der Waals surface area contributed by atoms with Crippen molar-refractivity contribution in [3.63, 3.8) is 0 Å². The summed E-state index contributed by atoms with van der Waals surface area (Å²) in [5.74, 6) is 1.78. The fourth-order valence-corrected chi connectivity index (χ4v) is 3.28. The van der Waals surface area contributed by atoms with Crippen LogP contribution in [0.4, 0.5) is 11.6 Å². The highest BCUT2D eigenvalue weighted by Gasteiger charge is 2.15. The van der Waals surface area contributed by atoms with E-state index in [4.69, 9.17) is 4.74 Å². The fourth-order valence-electron chi connectivity index (χ4n) is 3.28. The maximum atomic E-state index is 12.8. The SMILES string of the molecule is CC(C)(C)c1ccc(C(=O)Nc2cc(NCCOc3ccccc3)n3nccc3n2)cc1. The van der Waals surface area contributed by atoms with Crippen LogP contribution in [0.15, 0.2) is 72.9 Å². The van der Waals surface area contributed by atoms with Gasteiger partial charge in [-0.25, -0.2) is 4.98 Å². The van der Waals surface area contributed by atoms with Gasteiger partial charge in [0, 0.05) is 17.7 Å². The standard InChI is InChI=1S/C25H27N5O2/c1-25(2,3)19-11-9-18(10-12-19)24(31)29-21-17-23(30-22(28-21)13-14-27-30)26-15-16-32-20-7-5-4-6-8-20/h4-14,17,26H,15-16H2,1-3H3,(H,28,29,31). The number of nitrogens with one attached hydrogen (secondary N) is 2. The van der Waals surface area contributed by atoms with Gasteiger partial charge in [0.15, 0.2) is 5.65 Å². The van der Waals surface area contributed by atoms with Crippen LogP contribution in [0, 0.1) is 0 Å². The molecule has 0 aliphatic heterocycles. The van der Waals surface area contributed by atoms with Gasteiger partial charge in [-0.2, -0.15) is 9.61 Å². The number of amides is 1. The summed E-state index contributed by atoms with van der Waals surface area (Å²) in [4.78, 5) is 17.3. The maximum Gasteiger partial charge on any atom is 0.256 e. The number of carbonyl (C=O) groups is 1. The first-order valence-corrected chi connectivity index (χ1v) is 10.6. The van der Waals surface area contributed by atoms with E-state index in [1.807, 2.05) is 54.6 Å². The fraction of sp³-hybridized carbons (Fsp3) is 0.240. The molecule has 4 aromatic rings. The van der Waals surface area contributed by atoms with Gasteiger partial charge in [-0.15, -0.1) is 0 Å². The van der Waals surface area contributed by atoms with Crippen molar-refractivity contribution in [2.75, 3.05) is 23.8 Å². The van der Waals surface area contributed by atoms with E-state index in [1.165, 1.54) is 5.56 Å². The molecule has 7 heteroatoms. The van der Waals surface area contributed by atoms with Crippen LogP contribution in [0.25, 0.3) is 5.65 Å². The highest BCUT2D eigenvalue weighted by atomic mass is 16.5. The maximum absolute atomic E-state index is 12.8. The van der Waals surface area contributed by atoms with Crippen molar-refractivity contribution in [3.05, 3.63) is 84.1 Å². The molecule has 0 bridgehead atoms. The summed E-state index contributed by atoms with van der Waals surface area (Å²) in [6, 6.07) is 20.9. The smallest absolute Gasteiger partial charge is 0.256 e. The number of carbonyl (C=O) groups excluding carboxylic acids is 1. The molecule has 0 radical (unpaired) electrons. The molecule has 2 N–H and O–H groups in total.